The van der Waals surface area contributed by atoms with Gasteiger partial charge < -0.3 is 9.84 Å². The number of hydrazone groups is 1. The van der Waals surface area contributed by atoms with Crippen LogP contribution in [0.2, 0.25) is 0 Å². The molecule has 1 heterocycles. The molecule has 0 bridgehead atoms. The summed E-state index contributed by atoms with van der Waals surface area (Å²) in [4.78, 5) is 10.2. The van der Waals surface area contributed by atoms with Crippen molar-refractivity contribution in [2.45, 2.75) is 6.92 Å². The molecule has 2 aromatic rings. The van der Waals surface area contributed by atoms with Crippen molar-refractivity contribution in [3.05, 3.63) is 27.8 Å². The number of nitrogens with one attached hydrogen (secondary N) is 2. The Morgan fingerprint density at radius 1 is 1.62 bits per heavy atom. The average Bonchev–Trinajstić information content (AvgIpc) is 2.95. The van der Waals surface area contributed by atoms with Crippen LogP contribution in [0.5, 0.6) is 11.5 Å². The zero-order valence-electron chi connectivity index (χ0n) is 10.8. The van der Waals surface area contributed by atoms with Crippen molar-refractivity contribution in [2.24, 2.45) is 5.10 Å². The van der Waals surface area contributed by atoms with Crippen molar-refractivity contribution >= 4 is 17.9 Å². The molecule has 0 radical (unpaired) electrons. The minimum Gasteiger partial charge on any atom is -0.500 e. The normalized spacial score (nSPS) is 10.7. The molecule has 11 heteroatoms. The molecule has 0 spiro atoms. The van der Waals surface area contributed by atoms with E-state index in [2.05, 4.69) is 31.2 Å². The van der Waals surface area contributed by atoms with E-state index in [1.165, 1.54) is 18.3 Å². The molecule has 11 nitrogen and oxygen atoms in total. The van der Waals surface area contributed by atoms with Gasteiger partial charge >= 0.3 is 5.69 Å². The van der Waals surface area contributed by atoms with Gasteiger partial charge in [-0.25, -0.2) is 5.43 Å². The molecule has 0 aliphatic carbocycles. The van der Waals surface area contributed by atoms with E-state index in [9.17, 15) is 15.2 Å². The topological polar surface area (TPSA) is 151 Å². The summed E-state index contributed by atoms with van der Waals surface area (Å²) in [6.07, 6.45) is 1.30. The van der Waals surface area contributed by atoms with Gasteiger partial charge in [0.2, 0.25) is 5.75 Å². The van der Waals surface area contributed by atoms with E-state index in [1.807, 2.05) is 0 Å². The quantitative estimate of drug-likeness (QED) is 0.399. The van der Waals surface area contributed by atoms with Crippen LogP contribution in [0.15, 0.2) is 17.2 Å². The van der Waals surface area contributed by atoms with E-state index < -0.39 is 16.4 Å². The highest BCUT2D eigenvalue weighted by Crippen LogP contribution is 2.36. The number of nitrogens with zero attached hydrogens (tertiary/aromatic N) is 5. The summed E-state index contributed by atoms with van der Waals surface area (Å²) >= 11 is 0. The molecule has 0 saturated carbocycles. The molecule has 0 fully saturated rings. The lowest BCUT2D eigenvalue weighted by Crippen LogP contribution is -1.98. The smallest absolute Gasteiger partial charge is 0.315 e. The average molecular weight is 293 g/mol. The largest absolute Gasteiger partial charge is 0.500 e. The highest BCUT2D eigenvalue weighted by molar-refractivity contribution is 5.83. The molecule has 21 heavy (non-hydrogen) atoms. The number of phenolic OH excluding ortho intramolecular Hbond substituents is 1. The molecule has 0 aliphatic rings. The number of hydrogen-bond acceptors (Lipinski definition) is 9. The number of aromatic amines is 1. The maximum absolute atomic E-state index is 10.9. The van der Waals surface area contributed by atoms with Crippen LogP contribution < -0.4 is 10.2 Å². The lowest BCUT2D eigenvalue weighted by Gasteiger charge is -2.07. The van der Waals surface area contributed by atoms with E-state index >= 15 is 0 Å². The number of nitro groups is 1. The highest BCUT2D eigenvalue weighted by atomic mass is 16.6. The molecule has 110 valence electrons. The van der Waals surface area contributed by atoms with Crippen LogP contribution in [-0.4, -0.2) is 43.5 Å². The molecule has 2 rings (SSSR count). The van der Waals surface area contributed by atoms with Gasteiger partial charge in [0.15, 0.2) is 5.75 Å². The summed E-state index contributed by atoms with van der Waals surface area (Å²) in [5, 5.41) is 37.2. The number of H-pyrrole nitrogens is 1. The Kier molecular flexibility index (Phi) is 4.23. The fourth-order valence-corrected chi connectivity index (χ4v) is 1.47. The van der Waals surface area contributed by atoms with Gasteiger partial charge in [-0.05, 0) is 18.2 Å². The first kappa shape index (κ1) is 14.2. The van der Waals surface area contributed by atoms with Gasteiger partial charge in [-0.15, -0.1) is 5.10 Å². The number of aromatic nitrogens is 4. The third-order valence-corrected chi connectivity index (χ3v) is 2.30. The predicted molar refractivity (Wildman–Crippen MR) is 71.3 cm³/mol. The Hall–Kier alpha value is -3.24. The van der Waals surface area contributed by atoms with E-state index in [-0.39, 0.29) is 18.3 Å². The third-order valence-electron chi connectivity index (χ3n) is 2.30. The Bertz CT molecular complexity index is 656. The van der Waals surface area contributed by atoms with E-state index in [0.717, 1.165) is 0 Å². The summed E-state index contributed by atoms with van der Waals surface area (Å²) in [6.45, 7) is 1.95. The van der Waals surface area contributed by atoms with Crippen molar-refractivity contribution in [1.29, 1.82) is 0 Å². The van der Waals surface area contributed by atoms with Crippen LogP contribution in [0.25, 0.3) is 0 Å². The van der Waals surface area contributed by atoms with Gasteiger partial charge in [-0.3, -0.25) is 10.1 Å². The van der Waals surface area contributed by atoms with Crippen molar-refractivity contribution in [3.8, 4) is 11.5 Å². The molecular formula is C10H11N7O4. The van der Waals surface area contributed by atoms with Gasteiger partial charge in [0.25, 0.3) is 5.95 Å². The number of hydrogen-bond donors (Lipinski definition) is 3. The number of tetrazole rings is 1. The van der Waals surface area contributed by atoms with Gasteiger partial charge in [-0.1, -0.05) is 5.10 Å². The second kappa shape index (κ2) is 6.27. The van der Waals surface area contributed by atoms with Crippen LogP contribution >= 0.6 is 0 Å². The number of phenols is 1. The maximum atomic E-state index is 10.9. The van der Waals surface area contributed by atoms with Crippen LogP contribution in [0.3, 0.4) is 0 Å². The predicted octanol–water partition coefficient (Wildman–Crippen LogP) is 0.658. The zero-order valence-corrected chi connectivity index (χ0v) is 10.8. The van der Waals surface area contributed by atoms with Gasteiger partial charge in [0.05, 0.1) is 17.7 Å². The van der Waals surface area contributed by atoms with Crippen molar-refractivity contribution < 1.29 is 14.8 Å². The SMILES string of the molecule is CCOc1cc(/C=N/Nc2nn[nH]n2)cc([N+](=O)[O-])c1O. The summed E-state index contributed by atoms with van der Waals surface area (Å²) in [7, 11) is 0. The maximum Gasteiger partial charge on any atom is 0.315 e. The molecule has 0 aliphatic heterocycles. The summed E-state index contributed by atoms with van der Waals surface area (Å²) < 4.78 is 5.14. The third kappa shape index (κ3) is 3.40. The van der Waals surface area contributed by atoms with Crippen molar-refractivity contribution in [3.63, 3.8) is 0 Å². The Morgan fingerprint density at radius 2 is 2.43 bits per heavy atom. The number of ether oxygens (including phenoxy) is 1. The molecule has 0 saturated heterocycles. The Labute approximate surface area is 117 Å². The highest BCUT2D eigenvalue weighted by Gasteiger charge is 2.19. The van der Waals surface area contributed by atoms with Crippen LogP contribution in [0.4, 0.5) is 11.6 Å². The summed E-state index contributed by atoms with van der Waals surface area (Å²) in [5.74, 6) is -0.373. The van der Waals surface area contributed by atoms with Crippen molar-refractivity contribution in [1.82, 2.24) is 20.6 Å². The molecule has 1 aromatic carbocycles. The molecule has 3 N–H and O–H groups in total. The lowest BCUT2D eigenvalue weighted by molar-refractivity contribution is -0.386. The van der Waals surface area contributed by atoms with E-state index in [4.69, 9.17) is 4.74 Å². The number of nitro benzene ring substituents is 1. The first-order valence-corrected chi connectivity index (χ1v) is 5.78. The first-order chi connectivity index (χ1) is 10.1. The molecule has 0 atom stereocenters. The Balaban J connectivity index is 2.25. The monoisotopic (exact) mass is 293 g/mol. The number of benzene rings is 1. The fraction of sp³-hybridized carbons (Fsp3) is 0.200. The standard InChI is InChI=1S/C10H11N7O4/c1-2-21-8-4-6(3-7(9(8)18)17(19)20)5-11-12-10-13-15-16-14-10/h3-5,18H,2H2,1H3,(H2,12,13,14,15,16)/b11-5+. The molecule has 1 aromatic heterocycles. The van der Waals surface area contributed by atoms with Crippen LogP contribution in [0.1, 0.15) is 12.5 Å². The minimum absolute atomic E-state index is 0.00714. The fourth-order valence-electron chi connectivity index (χ4n) is 1.47. The van der Waals surface area contributed by atoms with Crippen LogP contribution in [0, 0.1) is 10.1 Å². The minimum atomic E-state index is -0.707. The van der Waals surface area contributed by atoms with Gasteiger partial charge in [0.1, 0.15) is 0 Å². The zero-order chi connectivity index (χ0) is 15.2. The molecule has 0 amide bonds. The lowest BCUT2D eigenvalue weighted by atomic mass is 10.2. The van der Waals surface area contributed by atoms with E-state index in [0.29, 0.717) is 5.56 Å². The summed E-state index contributed by atoms with van der Waals surface area (Å²) in [6, 6.07) is 2.59. The number of rotatable bonds is 6. The second-order valence-corrected chi connectivity index (χ2v) is 3.68. The van der Waals surface area contributed by atoms with E-state index in [1.54, 1.807) is 6.92 Å². The second-order valence-electron chi connectivity index (χ2n) is 3.68. The number of aromatic hydroxyl groups is 1. The number of anilines is 1. The van der Waals surface area contributed by atoms with Gasteiger partial charge in [0, 0.05) is 11.6 Å². The van der Waals surface area contributed by atoms with Crippen LogP contribution in [-0.2, 0) is 0 Å². The molecule has 0 unspecified atom stereocenters. The Morgan fingerprint density at radius 3 is 3.05 bits per heavy atom. The summed E-state index contributed by atoms with van der Waals surface area (Å²) in [5.41, 5.74) is 2.36. The molecular weight excluding hydrogens is 282 g/mol. The van der Waals surface area contributed by atoms with Crippen molar-refractivity contribution in [2.75, 3.05) is 12.0 Å². The first-order valence-electron chi connectivity index (χ1n) is 5.78. The van der Waals surface area contributed by atoms with Gasteiger partial charge in [-0.2, -0.15) is 10.3 Å².